The third-order valence-electron chi connectivity index (χ3n) is 10.7. The molecule has 0 amide bonds. The monoisotopic (exact) mass is 785 g/mol. The summed E-state index contributed by atoms with van der Waals surface area (Å²) in [4.78, 5) is 0. The van der Waals surface area contributed by atoms with Crippen LogP contribution in [0, 0.1) is 0 Å². The molecule has 0 fully saturated rings. The van der Waals surface area contributed by atoms with E-state index in [2.05, 4.69) is 41.5 Å². The van der Waals surface area contributed by atoms with Crippen molar-refractivity contribution in [1.29, 1.82) is 0 Å². The molecule has 0 aromatic carbocycles. The highest BCUT2D eigenvalue weighted by molar-refractivity contribution is 8.33. The smallest absolute Gasteiger partial charge is 0.233 e. The maximum Gasteiger partial charge on any atom is 0.532 e. The third kappa shape index (κ3) is 30.7. The second kappa shape index (κ2) is 36.4. The third-order valence-corrected chi connectivity index (χ3v) is 20.9. The van der Waals surface area contributed by atoms with Crippen LogP contribution in [0.2, 0.25) is 0 Å². The number of rotatable bonds is 42. The van der Waals surface area contributed by atoms with Gasteiger partial charge in [-0.3, -0.25) is 0 Å². The lowest BCUT2D eigenvalue weighted by molar-refractivity contribution is 0.363. The average Bonchev–Trinajstić information content (AvgIpc) is 3.11. The van der Waals surface area contributed by atoms with Gasteiger partial charge in [0, 0.05) is 0 Å². The van der Waals surface area contributed by atoms with Crippen molar-refractivity contribution < 1.29 is 16.7 Å². The Morgan fingerprint density at radius 3 is 0.667 bits per heavy atom. The van der Waals surface area contributed by atoms with E-state index in [1.54, 1.807) is 0 Å². The highest BCUT2D eigenvalue weighted by atomic mass is 32.3. The van der Waals surface area contributed by atoms with Crippen LogP contribution in [-0.2, 0) is 12.5 Å². The van der Waals surface area contributed by atoms with E-state index >= 15 is 4.20 Å². The summed E-state index contributed by atoms with van der Waals surface area (Å²) in [6, 6.07) is 0. The second-order valence-corrected chi connectivity index (χ2v) is 24.3. The molecule has 0 heterocycles. The molecule has 51 heavy (non-hydrogen) atoms. The first-order chi connectivity index (χ1) is 24.8. The largest absolute Gasteiger partial charge is 0.532 e. The van der Waals surface area contributed by atoms with Gasteiger partial charge >= 0.3 is 7.91 Å². The summed E-state index contributed by atoms with van der Waals surface area (Å²) in [5.74, 6) is 5.34. The van der Waals surface area contributed by atoms with E-state index < -0.39 is 28.5 Å². The fourth-order valence-electron chi connectivity index (χ4n) is 7.39. The van der Waals surface area contributed by atoms with Gasteiger partial charge in [-0.25, -0.2) is 12.5 Å². The van der Waals surface area contributed by atoms with Crippen LogP contribution in [0.15, 0.2) is 0 Å². The molecule has 0 saturated carbocycles. The normalized spacial score (nSPS) is 13.3. The van der Waals surface area contributed by atoms with Crippen molar-refractivity contribution in [2.24, 2.45) is 0 Å². The zero-order valence-corrected chi connectivity index (χ0v) is 38.3. The van der Waals surface area contributed by atoms with Gasteiger partial charge in [-0.05, 0) is 73.0 Å². The SMILES string of the molecule is CCCCCCCCCCS(CCCCCC)(CCCCCC)OP(=O)(F)OS(CCCCCC)(CCCCCC)CCCCCCCCCC. The van der Waals surface area contributed by atoms with Crippen molar-refractivity contribution in [1.82, 2.24) is 0 Å². The first-order valence-electron chi connectivity index (χ1n) is 23.0. The first-order valence-corrected chi connectivity index (χ1v) is 28.6. The van der Waals surface area contributed by atoms with Crippen molar-refractivity contribution in [3.8, 4) is 0 Å². The van der Waals surface area contributed by atoms with Crippen molar-refractivity contribution in [2.75, 3.05) is 34.5 Å². The zero-order valence-electron chi connectivity index (χ0n) is 35.7. The van der Waals surface area contributed by atoms with E-state index in [0.717, 1.165) is 98.7 Å². The predicted molar refractivity (Wildman–Crippen MR) is 237 cm³/mol. The summed E-state index contributed by atoms with van der Waals surface area (Å²) in [6.45, 7) is 13.6. The average molecular weight is 785 g/mol. The minimum atomic E-state index is -4.73. The van der Waals surface area contributed by atoms with Gasteiger partial charge in [-0.2, -0.15) is 0 Å². The lowest BCUT2D eigenvalue weighted by atomic mass is 10.1. The van der Waals surface area contributed by atoms with E-state index in [1.807, 2.05) is 0 Å². The van der Waals surface area contributed by atoms with Crippen molar-refractivity contribution in [2.45, 2.75) is 247 Å². The molecule has 0 aliphatic rings. The Morgan fingerprint density at radius 2 is 0.471 bits per heavy atom. The molecule has 0 aliphatic heterocycles. The summed E-state index contributed by atoms with van der Waals surface area (Å²) in [7, 11) is -8.41. The number of halogens is 1. The van der Waals surface area contributed by atoms with E-state index in [0.29, 0.717) is 0 Å². The van der Waals surface area contributed by atoms with Gasteiger partial charge in [-0.15, -0.1) is 24.8 Å². The molecule has 3 nitrogen and oxygen atoms in total. The van der Waals surface area contributed by atoms with Gasteiger partial charge in [-0.1, -0.05) is 208 Å². The number of unbranched alkanes of at least 4 members (excludes halogenated alkanes) is 26. The molecule has 0 aromatic heterocycles. The predicted octanol–water partition coefficient (Wildman–Crippen LogP) is 18.1. The Morgan fingerprint density at radius 1 is 0.314 bits per heavy atom. The molecule has 0 unspecified atom stereocenters. The Hall–Kier alpha value is 0.780. The fraction of sp³-hybridized carbons (Fsp3) is 1.00. The molecule has 0 aromatic rings. The topological polar surface area (TPSA) is 35.5 Å². The Balaban J connectivity index is 6.15. The van der Waals surface area contributed by atoms with Crippen molar-refractivity contribution in [3.63, 3.8) is 0 Å². The van der Waals surface area contributed by atoms with E-state index in [-0.39, 0.29) is 0 Å². The maximum atomic E-state index is 17.0. The van der Waals surface area contributed by atoms with Gasteiger partial charge in [0.05, 0.1) is 0 Å². The quantitative estimate of drug-likeness (QED) is 0.0457. The molecule has 0 spiro atoms. The molecule has 0 aliphatic carbocycles. The number of hydrogen-bond acceptors (Lipinski definition) is 3. The zero-order chi connectivity index (χ0) is 37.8. The summed E-state index contributed by atoms with van der Waals surface area (Å²) < 4.78 is 44.7. The van der Waals surface area contributed by atoms with E-state index in [4.69, 9.17) is 7.94 Å². The maximum absolute atomic E-state index is 17.0. The van der Waals surface area contributed by atoms with Crippen LogP contribution in [0.1, 0.15) is 247 Å². The highest BCUT2D eigenvalue weighted by Crippen LogP contribution is 2.73. The van der Waals surface area contributed by atoms with Crippen LogP contribution in [-0.4, -0.2) is 34.5 Å². The lowest BCUT2D eigenvalue weighted by Gasteiger charge is -2.44. The molecule has 0 radical (unpaired) electrons. The van der Waals surface area contributed by atoms with Crippen LogP contribution < -0.4 is 0 Å². The number of hydrogen-bond donors (Lipinski definition) is 0. The molecular weight excluding hydrogens is 691 g/mol. The molecule has 312 valence electrons. The summed E-state index contributed by atoms with van der Waals surface area (Å²) in [6.07, 6.45) is 38.5. The minimum Gasteiger partial charge on any atom is -0.233 e. The van der Waals surface area contributed by atoms with Gasteiger partial charge in [0.2, 0.25) is 0 Å². The summed E-state index contributed by atoms with van der Waals surface area (Å²) in [5, 5.41) is 0. The Kier molecular flexibility index (Phi) is 37.0. The molecule has 0 bridgehead atoms. The van der Waals surface area contributed by atoms with Crippen LogP contribution in [0.4, 0.5) is 4.20 Å². The summed E-state index contributed by atoms with van der Waals surface area (Å²) >= 11 is 0. The second-order valence-electron chi connectivity index (χ2n) is 15.9. The molecule has 7 heteroatoms. The van der Waals surface area contributed by atoms with Crippen molar-refractivity contribution >= 4 is 28.5 Å². The molecule has 0 saturated heterocycles. The van der Waals surface area contributed by atoms with Crippen LogP contribution in [0.25, 0.3) is 0 Å². The minimum absolute atomic E-state index is 0.889. The van der Waals surface area contributed by atoms with E-state index in [1.165, 1.54) is 141 Å². The highest BCUT2D eigenvalue weighted by Gasteiger charge is 2.42. The Labute approximate surface area is 325 Å². The van der Waals surface area contributed by atoms with E-state index in [9.17, 15) is 4.57 Å². The first kappa shape index (κ1) is 51.8. The molecule has 0 N–H and O–H groups in total. The molecule has 0 atom stereocenters. The lowest BCUT2D eigenvalue weighted by Crippen LogP contribution is -2.20. The standard InChI is InChI=1S/C44H94FO3PS2/c1-7-13-19-25-27-29-31-37-43-50(39-33-21-15-9-3,40-34-22-16-10-4)47-49(45,46)48-51(41-35-23-17-11-5,42-36-24-18-12-6)44-38-32-30-28-26-20-14-8-2/h7-44H2,1-6H3. The van der Waals surface area contributed by atoms with Crippen LogP contribution >= 0.6 is 28.5 Å². The Bertz CT molecular complexity index is 689. The van der Waals surface area contributed by atoms with Gasteiger partial charge in [0.25, 0.3) is 0 Å². The van der Waals surface area contributed by atoms with Crippen molar-refractivity contribution in [3.05, 3.63) is 0 Å². The molecule has 0 rings (SSSR count). The van der Waals surface area contributed by atoms with Gasteiger partial charge < -0.3 is 0 Å². The molecular formula is C44H94FO3PS2. The van der Waals surface area contributed by atoms with Gasteiger partial charge in [0.15, 0.2) is 0 Å². The van der Waals surface area contributed by atoms with Crippen LogP contribution in [0.5, 0.6) is 0 Å². The van der Waals surface area contributed by atoms with Crippen LogP contribution in [0.3, 0.4) is 0 Å². The fourth-order valence-corrected chi connectivity index (χ4v) is 18.1. The van der Waals surface area contributed by atoms with Gasteiger partial charge in [0.1, 0.15) is 0 Å². The summed E-state index contributed by atoms with van der Waals surface area (Å²) in [5.41, 5.74) is 0.